The molecule has 2 aromatic carbocycles. The zero-order chi connectivity index (χ0) is 18.4. The van der Waals surface area contributed by atoms with Crippen LogP contribution in [-0.2, 0) is 6.54 Å². The zero-order valence-corrected chi connectivity index (χ0v) is 14.6. The van der Waals surface area contributed by atoms with Gasteiger partial charge in [-0.2, -0.15) is 0 Å². The topological polar surface area (TPSA) is 73.3 Å². The number of hydrogen-bond acceptors (Lipinski definition) is 5. The second-order valence-electron chi connectivity index (χ2n) is 5.54. The molecule has 3 aromatic rings. The van der Waals surface area contributed by atoms with E-state index >= 15 is 0 Å². The number of aromatic nitrogens is 2. The van der Waals surface area contributed by atoms with E-state index in [4.69, 9.17) is 9.47 Å². The van der Waals surface area contributed by atoms with Crippen molar-refractivity contribution in [3.05, 3.63) is 72.2 Å². The molecule has 26 heavy (non-hydrogen) atoms. The van der Waals surface area contributed by atoms with E-state index in [0.29, 0.717) is 17.9 Å². The summed E-state index contributed by atoms with van der Waals surface area (Å²) in [5, 5.41) is 2.86. The standard InChI is InChI=1S/C20H19N3O3/c1-25-17-8-6-14(7-9-17)19-11-16(22-13-23-19)12-21-20(24)15-4-3-5-18(10-15)26-2/h3-11,13H,12H2,1-2H3,(H,21,24). The molecular weight excluding hydrogens is 330 g/mol. The number of ether oxygens (including phenoxy) is 2. The van der Waals surface area contributed by atoms with Gasteiger partial charge in [0.25, 0.3) is 5.91 Å². The number of hydrogen-bond donors (Lipinski definition) is 1. The minimum Gasteiger partial charge on any atom is -0.497 e. The third kappa shape index (κ3) is 4.16. The number of carbonyl (C=O) groups excluding carboxylic acids is 1. The average Bonchev–Trinajstić information content (AvgIpc) is 2.72. The Balaban J connectivity index is 1.69. The Morgan fingerprint density at radius 1 is 0.962 bits per heavy atom. The van der Waals surface area contributed by atoms with Gasteiger partial charge in [-0.25, -0.2) is 9.97 Å². The highest BCUT2D eigenvalue weighted by atomic mass is 16.5. The molecule has 1 heterocycles. The van der Waals surface area contributed by atoms with E-state index in [9.17, 15) is 4.79 Å². The fourth-order valence-electron chi connectivity index (χ4n) is 2.45. The molecule has 132 valence electrons. The van der Waals surface area contributed by atoms with E-state index in [1.54, 1.807) is 38.5 Å². The first kappa shape index (κ1) is 17.4. The Labute approximate surface area is 151 Å². The molecule has 0 saturated carbocycles. The fraction of sp³-hybridized carbons (Fsp3) is 0.150. The van der Waals surface area contributed by atoms with E-state index in [-0.39, 0.29) is 5.91 Å². The van der Waals surface area contributed by atoms with Gasteiger partial charge in [-0.1, -0.05) is 6.07 Å². The van der Waals surface area contributed by atoms with E-state index in [0.717, 1.165) is 22.7 Å². The van der Waals surface area contributed by atoms with Crippen molar-refractivity contribution in [2.75, 3.05) is 14.2 Å². The van der Waals surface area contributed by atoms with Gasteiger partial charge in [-0.15, -0.1) is 0 Å². The molecule has 0 radical (unpaired) electrons. The van der Waals surface area contributed by atoms with Crippen LogP contribution >= 0.6 is 0 Å². The summed E-state index contributed by atoms with van der Waals surface area (Å²) >= 11 is 0. The first-order valence-corrected chi connectivity index (χ1v) is 8.07. The van der Waals surface area contributed by atoms with Crippen LogP contribution in [0, 0.1) is 0 Å². The molecule has 0 spiro atoms. The van der Waals surface area contributed by atoms with Crippen molar-refractivity contribution in [1.82, 2.24) is 15.3 Å². The van der Waals surface area contributed by atoms with Crippen LogP contribution in [0.1, 0.15) is 16.1 Å². The lowest BCUT2D eigenvalue weighted by Gasteiger charge is -2.08. The SMILES string of the molecule is COc1ccc(-c2cc(CNC(=O)c3cccc(OC)c3)ncn2)cc1. The summed E-state index contributed by atoms with van der Waals surface area (Å²) in [6.45, 7) is 0.307. The number of amides is 1. The molecule has 1 aromatic heterocycles. The van der Waals surface area contributed by atoms with Gasteiger partial charge in [0.15, 0.2) is 0 Å². The molecule has 1 amide bonds. The predicted molar refractivity (Wildman–Crippen MR) is 98.2 cm³/mol. The normalized spacial score (nSPS) is 10.2. The number of carbonyl (C=O) groups is 1. The highest BCUT2D eigenvalue weighted by Gasteiger charge is 2.08. The van der Waals surface area contributed by atoms with Crippen molar-refractivity contribution in [2.24, 2.45) is 0 Å². The Morgan fingerprint density at radius 2 is 1.73 bits per heavy atom. The zero-order valence-electron chi connectivity index (χ0n) is 14.6. The maximum atomic E-state index is 12.3. The molecule has 0 fully saturated rings. The lowest BCUT2D eigenvalue weighted by molar-refractivity contribution is 0.0950. The first-order chi connectivity index (χ1) is 12.7. The second-order valence-corrected chi connectivity index (χ2v) is 5.54. The summed E-state index contributed by atoms with van der Waals surface area (Å²) in [6.07, 6.45) is 1.49. The van der Waals surface area contributed by atoms with Gasteiger partial charge in [0, 0.05) is 11.1 Å². The van der Waals surface area contributed by atoms with E-state index in [2.05, 4.69) is 15.3 Å². The molecule has 0 bridgehead atoms. The first-order valence-electron chi connectivity index (χ1n) is 8.07. The predicted octanol–water partition coefficient (Wildman–Crippen LogP) is 3.09. The van der Waals surface area contributed by atoms with Crippen molar-refractivity contribution < 1.29 is 14.3 Å². The molecule has 0 atom stereocenters. The Hall–Kier alpha value is -3.41. The summed E-state index contributed by atoms with van der Waals surface area (Å²) in [4.78, 5) is 20.8. The molecule has 0 unspecified atom stereocenters. The lowest BCUT2D eigenvalue weighted by Crippen LogP contribution is -2.23. The van der Waals surface area contributed by atoms with Gasteiger partial charge in [0.2, 0.25) is 0 Å². The lowest BCUT2D eigenvalue weighted by atomic mass is 10.1. The molecule has 3 rings (SSSR count). The molecular formula is C20H19N3O3. The van der Waals surface area contributed by atoms with Crippen LogP contribution in [0.25, 0.3) is 11.3 Å². The summed E-state index contributed by atoms with van der Waals surface area (Å²) in [5.74, 6) is 1.24. The van der Waals surface area contributed by atoms with E-state index in [1.165, 1.54) is 6.33 Å². The average molecular weight is 349 g/mol. The third-order valence-electron chi connectivity index (χ3n) is 3.87. The quantitative estimate of drug-likeness (QED) is 0.740. The highest BCUT2D eigenvalue weighted by Crippen LogP contribution is 2.20. The van der Waals surface area contributed by atoms with Gasteiger partial charge < -0.3 is 14.8 Å². The minimum absolute atomic E-state index is 0.187. The van der Waals surface area contributed by atoms with Gasteiger partial charge in [-0.05, 0) is 48.5 Å². The van der Waals surface area contributed by atoms with E-state index in [1.807, 2.05) is 30.3 Å². The van der Waals surface area contributed by atoms with Crippen molar-refractivity contribution in [3.63, 3.8) is 0 Å². The minimum atomic E-state index is -0.187. The highest BCUT2D eigenvalue weighted by molar-refractivity contribution is 5.94. The largest absolute Gasteiger partial charge is 0.497 e. The van der Waals surface area contributed by atoms with Gasteiger partial charge in [0.1, 0.15) is 17.8 Å². The molecule has 1 N–H and O–H groups in total. The Morgan fingerprint density at radius 3 is 2.46 bits per heavy atom. The molecule has 6 heteroatoms. The Kier molecular flexibility index (Phi) is 5.43. The van der Waals surface area contributed by atoms with Crippen LogP contribution in [0.2, 0.25) is 0 Å². The Bertz CT molecular complexity index is 895. The van der Waals surface area contributed by atoms with Crippen LogP contribution < -0.4 is 14.8 Å². The molecule has 0 saturated heterocycles. The van der Waals surface area contributed by atoms with Crippen LogP contribution in [-0.4, -0.2) is 30.1 Å². The molecule has 0 aliphatic carbocycles. The maximum absolute atomic E-state index is 12.3. The number of benzene rings is 2. The second kappa shape index (κ2) is 8.11. The molecule has 6 nitrogen and oxygen atoms in total. The van der Waals surface area contributed by atoms with Crippen LogP contribution in [0.4, 0.5) is 0 Å². The third-order valence-corrected chi connectivity index (χ3v) is 3.87. The summed E-state index contributed by atoms with van der Waals surface area (Å²) < 4.78 is 10.3. The van der Waals surface area contributed by atoms with Gasteiger partial charge in [0.05, 0.1) is 32.2 Å². The summed E-state index contributed by atoms with van der Waals surface area (Å²) in [7, 11) is 3.20. The summed E-state index contributed by atoms with van der Waals surface area (Å²) in [6, 6.07) is 16.5. The van der Waals surface area contributed by atoms with Crippen molar-refractivity contribution in [1.29, 1.82) is 0 Å². The van der Waals surface area contributed by atoms with Crippen molar-refractivity contribution in [2.45, 2.75) is 6.54 Å². The van der Waals surface area contributed by atoms with Crippen molar-refractivity contribution >= 4 is 5.91 Å². The van der Waals surface area contributed by atoms with Crippen LogP contribution in [0.15, 0.2) is 60.9 Å². The van der Waals surface area contributed by atoms with Gasteiger partial charge in [-0.3, -0.25) is 4.79 Å². The molecule has 0 aliphatic rings. The smallest absolute Gasteiger partial charge is 0.251 e. The fourth-order valence-corrected chi connectivity index (χ4v) is 2.45. The summed E-state index contributed by atoms with van der Waals surface area (Å²) in [5.41, 5.74) is 3.00. The number of nitrogens with one attached hydrogen (secondary N) is 1. The van der Waals surface area contributed by atoms with E-state index < -0.39 is 0 Å². The van der Waals surface area contributed by atoms with Crippen molar-refractivity contribution in [3.8, 4) is 22.8 Å². The number of rotatable bonds is 6. The monoisotopic (exact) mass is 349 g/mol. The van der Waals surface area contributed by atoms with Crippen LogP contribution in [0.3, 0.4) is 0 Å². The van der Waals surface area contributed by atoms with Crippen LogP contribution in [0.5, 0.6) is 11.5 Å². The number of methoxy groups -OCH3 is 2. The molecule has 0 aliphatic heterocycles. The number of nitrogens with zero attached hydrogens (tertiary/aromatic N) is 2. The maximum Gasteiger partial charge on any atom is 0.251 e. The van der Waals surface area contributed by atoms with Gasteiger partial charge >= 0.3 is 0 Å².